The number of carboxylic acid groups (broad SMARTS) is 1. The molecule has 0 unspecified atom stereocenters. The molecule has 0 aliphatic heterocycles. The molecule has 0 aliphatic carbocycles. The number of aryl methyl sites for hydroxylation is 1. The maximum Gasteiger partial charge on any atom is 0.346 e. The van der Waals surface area contributed by atoms with Crippen molar-refractivity contribution in [3.63, 3.8) is 0 Å². The van der Waals surface area contributed by atoms with E-state index >= 15 is 0 Å². The second-order valence-corrected chi connectivity index (χ2v) is 5.55. The fourth-order valence-electron chi connectivity index (χ4n) is 1.95. The van der Waals surface area contributed by atoms with Crippen LogP contribution in [-0.4, -0.2) is 16.0 Å². The second kappa shape index (κ2) is 7.89. The van der Waals surface area contributed by atoms with Crippen LogP contribution in [0.2, 0.25) is 0 Å². The van der Waals surface area contributed by atoms with Gasteiger partial charge in [0.25, 0.3) is 0 Å². The number of hydrogen-bond acceptors (Lipinski definition) is 4. The first kappa shape index (κ1) is 15.6. The first-order valence-corrected chi connectivity index (χ1v) is 7.38. The van der Waals surface area contributed by atoms with E-state index < -0.39 is 10.9 Å². The highest BCUT2D eigenvalue weighted by atomic mass is 32.1. The Labute approximate surface area is 116 Å². The number of hydrogen-bond donors (Lipinski definition) is 1. The summed E-state index contributed by atoms with van der Waals surface area (Å²) in [6, 6.07) is 1.44. The molecule has 6 heteroatoms. The van der Waals surface area contributed by atoms with Gasteiger partial charge in [0, 0.05) is 5.56 Å². The van der Waals surface area contributed by atoms with Gasteiger partial charge in [-0.15, -0.1) is 0 Å². The number of nitrogens with zero attached hydrogens (tertiary/aromatic N) is 1. The molecule has 0 fully saturated rings. The molecule has 0 amide bonds. The molecule has 106 valence electrons. The quantitative estimate of drug-likeness (QED) is 0.417. The van der Waals surface area contributed by atoms with Crippen molar-refractivity contribution >= 4 is 22.3 Å². The van der Waals surface area contributed by atoms with Crippen molar-refractivity contribution < 1.29 is 14.8 Å². The summed E-state index contributed by atoms with van der Waals surface area (Å²) < 4.78 is 0. The monoisotopic (exact) mass is 285 g/mol. The Balaban J connectivity index is 2.52. The molecule has 1 aromatic heterocycles. The Hall–Kier alpha value is -1.43. The van der Waals surface area contributed by atoms with E-state index in [2.05, 4.69) is 6.92 Å². The average Bonchev–Trinajstić information content (AvgIpc) is 2.78. The van der Waals surface area contributed by atoms with Gasteiger partial charge in [-0.2, -0.15) is 0 Å². The molecular weight excluding hydrogens is 266 g/mol. The smallest absolute Gasteiger partial charge is 0.346 e. The van der Waals surface area contributed by atoms with Gasteiger partial charge in [0.1, 0.15) is 4.88 Å². The van der Waals surface area contributed by atoms with E-state index in [1.165, 1.54) is 25.3 Å². The Morgan fingerprint density at radius 2 is 1.95 bits per heavy atom. The van der Waals surface area contributed by atoms with Crippen LogP contribution < -0.4 is 0 Å². The standard InChI is InChI=1S/C13H19NO4S/c1-2-3-4-5-6-7-8-10-9-11(13(15)16)19-12(10)14(17)18/h9H,2-8H2,1H3,(H,15,16). The van der Waals surface area contributed by atoms with Crippen molar-refractivity contribution in [1.29, 1.82) is 0 Å². The third-order valence-corrected chi connectivity index (χ3v) is 4.08. The van der Waals surface area contributed by atoms with Crippen molar-refractivity contribution in [1.82, 2.24) is 0 Å². The zero-order valence-electron chi connectivity index (χ0n) is 11.1. The van der Waals surface area contributed by atoms with E-state index in [-0.39, 0.29) is 9.88 Å². The molecule has 0 aromatic carbocycles. The molecule has 19 heavy (non-hydrogen) atoms. The zero-order valence-corrected chi connectivity index (χ0v) is 11.9. The lowest BCUT2D eigenvalue weighted by Crippen LogP contribution is -1.92. The van der Waals surface area contributed by atoms with Gasteiger partial charge in [0.05, 0.1) is 4.92 Å². The van der Waals surface area contributed by atoms with Gasteiger partial charge in [-0.1, -0.05) is 50.4 Å². The lowest BCUT2D eigenvalue weighted by molar-refractivity contribution is -0.380. The maximum absolute atomic E-state index is 10.9. The van der Waals surface area contributed by atoms with Gasteiger partial charge in [-0.05, 0) is 18.9 Å². The molecule has 5 nitrogen and oxygen atoms in total. The largest absolute Gasteiger partial charge is 0.477 e. The molecule has 0 saturated heterocycles. The molecule has 0 bridgehead atoms. The lowest BCUT2D eigenvalue weighted by atomic mass is 10.1. The average molecular weight is 285 g/mol. The summed E-state index contributed by atoms with van der Waals surface area (Å²) in [5.41, 5.74) is 0.558. The second-order valence-electron chi connectivity index (χ2n) is 4.52. The summed E-state index contributed by atoms with van der Waals surface area (Å²) in [5.74, 6) is -1.10. The lowest BCUT2D eigenvalue weighted by Gasteiger charge is -1.99. The maximum atomic E-state index is 10.9. The van der Waals surface area contributed by atoms with Crippen LogP contribution in [0.25, 0.3) is 0 Å². The van der Waals surface area contributed by atoms with E-state index in [0.717, 1.165) is 30.6 Å². The number of aromatic carboxylic acids is 1. The number of thiophene rings is 1. The molecular formula is C13H19NO4S. The fourth-order valence-corrected chi connectivity index (χ4v) is 2.82. The van der Waals surface area contributed by atoms with Crippen molar-refractivity contribution in [2.24, 2.45) is 0 Å². The molecule has 0 aliphatic rings. The predicted octanol–water partition coefficient (Wildman–Crippen LogP) is 4.26. The van der Waals surface area contributed by atoms with Crippen LogP contribution in [0.5, 0.6) is 0 Å². The minimum absolute atomic E-state index is 0.0223. The molecule has 0 saturated carbocycles. The normalized spacial score (nSPS) is 10.6. The molecule has 0 radical (unpaired) electrons. The first-order chi connectivity index (χ1) is 9.06. The van der Waals surface area contributed by atoms with E-state index in [1.807, 2.05) is 0 Å². The highest BCUT2D eigenvalue weighted by Gasteiger charge is 2.21. The van der Waals surface area contributed by atoms with Crippen molar-refractivity contribution in [3.05, 3.63) is 26.6 Å². The van der Waals surface area contributed by atoms with E-state index in [0.29, 0.717) is 12.0 Å². The third-order valence-electron chi connectivity index (χ3n) is 2.96. The zero-order chi connectivity index (χ0) is 14.3. The number of unbranched alkanes of at least 4 members (excludes halogenated alkanes) is 5. The fraction of sp³-hybridized carbons (Fsp3) is 0.615. The van der Waals surface area contributed by atoms with Crippen LogP contribution in [0, 0.1) is 10.1 Å². The van der Waals surface area contributed by atoms with E-state index in [9.17, 15) is 14.9 Å². The number of rotatable bonds is 9. The predicted molar refractivity (Wildman–Crippen MR) is 75.0 cm³/mol. The topological polar surface area (TPSA) is 80.4 Å². The summed E-state index contributed by atoms with van der Waals surface area (Å²) in [6.07, 6.45) is 7.25. The first-order valence-electron chi connectivity index (χ1n) is 6.56. The van der Waals surface area contributed by atoms with Crippen LogP contribution >= 0.6 is 11.3 Å². The minimum Gasteiger partial charge on any atom is -0.477 e. The summed E-state index contributed by atoms with van der Waals surface area (Å²) in [4.78, 5) is 21.2. The van der Waals surface area contributed by atoms with Crippen molar-refractivity contribution in [2.75, 3.05) is 0 Å². The highest BCUT2D eigenvalue weighted by Crippen LogP contribution is 2.31. The highest BCUT2D eigenvalue weighted by molar-refractivity contribution is 7.17. The Morgan fingerprint density at radius 3 is 2.53 bits per heavy atom. The van der Waals surface area contributed by atoms with Gasteiger partial charge in [-0.25, -0.2) is 4.79 Å². The van der Waals surface area contributed by atoms with Gasteiger partial charge in [-0.3, -0.25) is 10.1 Å². The van der Waals surface area contributed by atoms with Crippen molar-refractivity contribution in [3.8, 4) is 0 Å². The summed E-state index contributed by atoms with van der Waals surface area (Å²) in [5, 5.41) is 19.7. The van der Waals surface area contributed by atoms with E-state index in [4.69, 9.17) is 5.11 Å². The number of carbonyl (C=O) groups is 1. The van der Waals surface area contributed by atoms with Crippen LogP contribution in [-0.2, 0) is 6.42 Å². The third kappa shape index (κ3) is 4.98. The number of carboxylic acids is 1. The van der Waals surface area contributed by atoms with Crippen LogP contribution in [0.3, 0.4) is 0 Å². The molecule has 1 rings (SSSR count). The summed E-state index contributed by atoms with van der Waals surface area (Å²) in [6.45, 7) is 2.15. The SMILES string of the molecule is CCCCCCCCc1cc(C(=O)O)sc1[N+](=O)[O-]. The van der Waals surface area contributed by atoms with Gasteiger partial charge in [0.15, 0.2) is 0 Å². The van der Waals surface area contributed by atoms with Crippen molar-refractivity contribution in [2.45, 2.75) is 51.9 Å². The minimum atomic E-state index is -1.10. The molecule has 1 heterocycles. The van der Waals surface area contributed by atoms with E-state index in [1.54, 1.807) is 0 Å². The Bertz CT molecular complexity index is 442. The van der Waals surface area contributed by atoms with Gasteiger partial charge in [0.2, 0.25) is 0 Å². The summed E-state index contributed by atoms with van der Waals surface area (Å²) in [7, 11) is 0. The van der Waals surface area contributed by atoms with Crippen LogP contribution in [0.4, 0.5) is 5.00 Å². The molecule has 1 N–H and O–H groups in total. The molecule has 0 atom stereocenters. The molecule has 0 spiro atoms. The van der Waals surface area contributed by atoms with Gasteiger partial charge < -0.3 is 5.11 Å². The van der Waals surface area contributed by atoms with Gasteiger partial charge >= 0.3 is 11.0 Å². The van der Waals surface area contributed by atoms with Crippen LogP contribution in [0.15, 0.2) is 6.07 Å². The van der Waals surface area contributed by atoms with Crippen LogP contribution in [0.1, 0.15) is 60.7 Å². The Morgan fingerprint density at radius 1 is 1.32 bits per heavy atom. The number of nitro groups is 1. The molecule has 1 aromatic rings. The summed E-state index contributed by atoms with van der Waals surface area (Å²) >= 11 is 0.749. The Kier molecular flexibility index (Phi) is 6.49.